The average Bonchev–Trinajstić information content (AvgIpc) is 2.96. The SMILES string of the molecule is C[C@H](Sc1nnc(NCc2ccco2)s1)C(N)=O. The van der Waals surface area contributed by atoms with Gasteiger partial charge in [0.2, 0.25) is 11.0 Å². The van der Waals surface area contributed by atoms with Gasteiger partial charge < -0.3 is 15.5 Å². The molecule has 0 radical (unpaired) electrons. The summed E-state index contributed by atoms with van der Waals surface area (Å²) >= 11 is 2.68. The van der Waals surface area contributed by atoms with E-state index in [-0.39, 0.29) is 11.2 Å². The highest BCUT2D eigenvalue weighted by Gasteiger charge is 2.14. The molecule has 1 atom stereocenters. The van der Waals surface area contributed by atoms with Crippen LogP contribution in [0.3, 0.4) is 0 Å². The molecule has 0 spiro atoms. The number of primary amides is 1. The number of nitrogens with zero attached hydrogens (tertiary/aromatic N) is 2. The van der Waals surface area contributed by atoms with Crippen LogP contribution < -0.4 is 11.1 Å². The molecule has 0 bridgehead atoms. The van der Waals surface area contributed by atoms with E-state index in [0.29, 0.717) is 16.0 Å². The smallest absolute Gasteiger partial charge is 0.230 e. The minimum Gasteiger partial charge on any atom is -0.467 e. The summed E-state index contributed by atoms with van der Waals surface area (Å²) in [5.41, 5.74) is 5.18. The van der Waals surface area contributed by atoms with E-state index in [9.17, 15) is 4.79 Å². The Morgan fingerprint density at radius 2 is 2.50 bits per heavy atom. The largest absolute Gasteiger partial charge is 0.467 e. The monoisotopic (exact) mass is 284 g/mol. The molecular formula is C10H12N4O2S2. The number of hydrogen-bond donors (Lipinski definition) is 2. The number of furan rings is 1. The number of thioether (sulfide) groups is 1. The summed E-state index contributed by atoms with van der Waals surface area (Å²) in [6.45, 7) is 2.29. The third-order valence-corrected chi connectivity index (χ3v) is 4.16. The maximum absolute atomic E-state index is 10.9. The van der Waals surface area contributed by atoms with Gasteiger partial charge in [0.1, 0.15) is 5.76 Å². The Morgan fingerprint density at radius 3 is 3.17 bits per heavy atom. The van der Waals surface area contributed by atoms with Crippen molar-refractivity contribution in [3.63, 3.8) is 0 Å². The van der Waals surface area contributed by atoms with Gasteiger partial charge in [0, 0.05) is 0 Å². The van der Waals surface area contributed by atoms with Crippen molar-refractivity contribution in [1.29, 1.82) is 0 Å². The normalized spacial score (nSPS) is 12.3. The van der Waals surface area contributed by atoms with E-state index < -0.39 is 0 Å². The molecule has 3 N–H and O–H groups in total. The lowest BCUT2D eigenvalue weighted by atomic mass is 10.4. The predicted octanol–water partition coefficient (Wildman–Crippen LogP) is 1.71. The number of carbonyl (C=O) groups is 1. The zero-order chi connectivity index (χ0) is 13.0. The Morgan fingerprint density at radius 1 is 1.67 bits per heavy atom. The summed E-state index contributed by atoms with van der Waals surface area (Å²) in [6.07, 6.45) is 1.62. The van der Waals surface area contributed by atoms with Gasteiger partial charge in [-0.2, -0.15) is 0 Å². The van der Waals surface area contributed by atoms with Gasteiger partial charge in [-0.1, -0.05) is 23.1 Å². The molecular weight excluding hydrogens is 272 g/mol. The van der Waals surface area contributed by atoms with Crippen molar-refractivity contribution in [3.05, 3.63) is 24.2 Å². The van der Waals surface area contributed by atoms with Gasteiger partial charge in [-0.3, -0.25) is 4.79 Å². The average molecular weight is 284 g/mol. The van der Waals surface area contributed by atoms with Crippen molar-refractivity contribution in [1.82, 2.24) is 10.2 Å². The number of aromatic nitrogens is 2. The highest BCUT2D eigenvalue weighted by Crippen LogP contribution is 2.28. The summed E-state index contributed by atoms with van der Waals surface area (Å²) in [5, 5.41) is 11.4. The summed E-state index contributed by atoms with van der Waals surface area (Å²) < 4.78 is 5.90. The van der Waals surface area contributed by atoms with E-state index in [0.717, 1.165) is 5.76 Å². The van der Waals surface area contributed by atoms with Gasteiger partial charge in [0.15, 0.2) is 4.34 Å². The minimum atomic E-state index is -0.361. The molecule has 2 heterocycles. The second-order valence-electron chi connectivity index (χ2n) is 3.47. The molecule has 0 saturated heterocycles. The minimum absolute atomic E-state index is 0.309. The van der Waals surface area contributed by atoms with Crippen LogP contribution in [0.15, 0.2) is 27.2 Å². The quantitative estimate of drug-likeness (QED) is 0.784. The molecule has 96 valence electrons. The number of nitrogens with two attached hydrogens (primary N) is 1. The number of amides is 1. The van der Waals surface area contributed by atoms with Crippen molar-refractivity contribution in [2.45, 2.75) is 23.1 Å². The lowest BCUT2D eigenvalue weighted by molar-refractivity contribution is -0.117. The van der Waals surface area contributed by atoms with Crippen molar-refractivity contribution in [2.75, 3.05) is 5.32 Å². The number of hydrogen-bond acceptors (Lipinski definition) is 7. The molecule has 0 aromatic carbocycles. The van der Waals surface area contributed by atoms with Crippen LogP contribution in [0.4, 0.5) is 5.13 Å². The molecule has 1 amide bonds. The molecule has 0 aliphatic carbocycles. The van der Waals surface area contributed by atoms with Crippen molar-refractivity contribution < 1.29 is 9.21 Å². The van der Waals surface area contributed by atoms with Crippen LogP contribution in [0.1, 0.15) is 12.7 Å². The molecule has 18 heavy (non-hydrogen) atoms. The maximum atomic E-state index is 10.9. The van der Waals surface area contributed by atoms with Crippen LogP contribution in [0.25, 0.3) is 0 Å². The summed E-state index contributed by atoms with van der Waals surface area (Å²) in [6, 6.07) is 3.70. The second kappa shape index (κ2) is 5.87. The molecule has 2 aromatic heterocycles. The Kier molecular flexibility index (Phi) is 4.21. The zero-order valence-electron chi connectivity index (χ0n) is 9.62. The number of nitrogens with one attached hydrogen (secondary N) is 1. The molecule has 0 saturated carbocycles. The first-order valence-corrected chi connectivity index (χ1v) is 6.90. The topological polar surface area (TPSA) is 94.0 Å². The number of rotatable bonds is 6. The standard InChI is InChI=1S/C10H12N4O2S2/c1-6(8(11)15)17-10-14-13-9(18-10)12-5-7-3-2-4-16-7/h2-4,6H,5H2,1H3,(H2,11,15)(H,12,13)/t6-/m0/s1. The van der Waals surface area contributed by atoms with E-state index in [1.165, 1.54) is 23.1 Å². The molecule has 6 nitrogen and oxygen atoms in total. The van der Waals surface area contributed by atoms with Gasteiger partial charge in [0.25, 0.3) is 0 Å². The fourth-order valence-electron chi connectivity index (χ4n) is 1.11. The maximum Gasteiger partial charge on any atom is 0.230 e. The van der Waals surface area contributed by atoms with Gasteiger partial charge in [0.05, 0.1) is 18.1 Å². The summed E-state index contributed by atoms with van der Waals surface area (Å²) in [7, 11) is 0. The molecule has 0 unspecified atom stereocenters. The Hall–Kier alpha value is -1.54. The summed E-state index contributed by atoms with van der Waals surface area (Å²) in [4.78, 5) is 10.9. The highest BCUT2D eigenvalue weighted by molar-refractivity contribution is 8.02. The van der Waals surface area contributed by atoms with Crippen LogP contribution >= 0.6 is 23.1 Å². The van der Waals surface area contributed by atoms with Crippen LogP contribution in [0, 0.1) is 0 Å². The number of carbonyl (C=O) groups excluding carboxylic acids is 1. The van der Waals surface area contributed by atoms with Crippen LogP contribution in [0.2, 0.25) is 0 Å². The van der Waals surface area contributed by atoms with E-state index in [2.05, 4.69) is 15.5 Å². The lowest BCUT2D eigenvalue weighted by Crippen LogP contribution is -2.22. The third-order valence-electron chi connectivity index (χ3n) is 2.08. The van der Waals surface area contributed by atoms with Crippen LogP contribution in [-0.2, 0) is 11.3 Å². The van der Waals surface area contributed by atoms with Crippen molar-refractivity contribution >= 4 is 34.1 Å². The first-order valence-electron chi connectivity index (χ1n) is 5.21. The molecule has 0 fully saturated rings. The highest BCUT2D eigenvalue weighted by atomic mass is 32.2. The Bertz CT molecular complexity index is 512. The molecule has 2 aromatic rings. The fourth-order valence-corrected chi connectivity index (χ4v) is 2.96. The molecule has 0 aliphatic heterocycles. The van der Waals surface area contributed by atoms with Crippen LogP contribution in [-0.4, -0.2) is 21.4 Å². The van der Waals surface area contributed by atoms with Gasteiger partial charge in [-0.25, -0.2) is 0 Å². The van der Waals surface area contributed by atoms with Gasteiger partial charge in [-0.15, -0.1) is 10.2 Å². The van der Waals surface area contributed by atoms with E-state index >= 15 is 0 Å². The fraction of sp³-hybridized carbons (Fsp3) is 0.300. The number of anilines is 1. The first kappa shape index (κ1) is 12.9. The second-order valence-corrected chi connectivity index (χ2v) is 6.03. The lowest BCUT2D eigenvalue weighted by Gasteiger charge is -2.01. The third kappa shape index (κ3) is 3.47. The Labute approximate surface area is 112 Å². The van der Waals surface area contributed by atoms with Crippen molar-refractivity contribution in [2.24, 2.45) is 5.73 Å². The first-order chi connectivity index (χ1) is 8.65. The van der Waals surface area contributed by atoms with E-state index in [1.54, 1.807) is 13.2 Å². The van der Waals surface area contributed by atoms with Gasteiger partial charge >= 0.3 is 0 Å². The van der Waals surface area contributed by atoms with E-state index in [4.69, 9.17) is 10.2 Å². The molecule has 0 aliphatic rings. The molecule has 2 rings (SSSR count). The zero-order valence-corrected chi connectivity index (χ0v) is 11.3. The molecule has 8 heteroatoms. The van der Waals surface area contributed by atoms with Crippen molar-refractivity contribution in [3.8, 4) is 0 Å². The van der Waals surface area contributed by atoms with Gasteiger partial charge in [-0.05, 0) is 19.1 Å². The Balaban J connectivity index is 1.88. The summed E-state index contributed by atoms with van der Waals surface area (Å²) in [5.74, 6) is 0.463. The van der Waals surface area contributed by atoms with E-state index in [1.807, 2.05) is 12.1 Å². The predicted molar refractivity (Wildman–Crippen MR) is 70.5 cm³/mol. The van der Waals surface area contributed by atoms with Crippen LogP contribution in [0.5, 0.6) is 0 Å².